The molecular weight excluding hydrogens is 565 g/mol. The van der Waals surface area contributed by atoms with Gasteiger partial charge in [-0.1, -0.05) is 32.6 Å². The molecule has 39 heavy (non-hydrogen) atoms. The van der Waals surface area contributed by atoms with Crippen LogP contribution in [0.4, 0.5) is 0 Å². The molecule has 13 heteroatoms. The molecule has 0 aliphatic carbocycles. The Bertz CT molecular complexity index is 1200. The van der Waals surface area contributed by atoms with Crippen molar-refractivity contribution in [3.05, 3.63) is 0 Å². The average molecular weight is 613 g/mol. The van der Waals surface area contributed by atoms with E-state index in [1.54, 1.807) is 0 Å². The molecule has 0 saturated heterocycles. The first kappa shape index (κ1) is 44.4. The summed E-state index contributed by atoms with van der Waals surface area (Å²) in [4.78, 5) is 54.2. The third-order valence-electron chi connectivity index (χ3n) is 3.34. The maximum Gasteiger partial charge on any atom is 1.00 e. The van der Waals surface area contributed by atoms with Crippen molar-refractivity contribution in [2.75, 3.05) is 13.2 Å². The molecule has 0 N–H and O–H groups in total. The van der Waals surface area contributed by atoms with Crippen LogP contribution in [0, 0.1) is 71.5 Å². The molecule has 0 aliphatic heterocycles. The summed E-state index contributed by atoms with van der Waals surface area (Å²) < 4.78 is 24.6. The van der Waals surface area contributed by atoms with Crippen LogP contribution in [-0.4, -0.2) is 36.4 Å². The fourth-order valence-electron chi connectivity index (χ4n) is 1.95. The molecule has 0 amide bonds. The number of phosphoric acid groups is 1. The molecule has 0 aromatic carbocycles. The zero-order chi connectivity index (χ0) is 28.4. The third-order valence-corrected chi connectivity index (χ3v) is 3.80. The largest absolute Gasteiger partial charge is 1.00 e. The molecular formula is C26H47Na2O9PS. The van der Waals surface area contributed by atoms with Crippen LogP contribution in [0.2, 0.25) is 0 Å². The van der Waals surface area contributed by atoms with Gasteiger partial charge in [0.05, 0.1) is 14.4 Å². The maximum absolute atomic E-state index is 11.9. The Hall–Kier alpha value is -1.57. The van der Waals surface area contributed by atoms with Crippen molar-refractivity contribution >= 4 is 37.5 Å². The first-order valence-corrected chi connectivity index (χ1v) is 12.6. The fraction of sp³-hybridized carbons (Fsp3) is 0.423. The Balaban J connectivity index is -0.0000000524. The molecule has 1 atom stereocenters. The minimum atomic E-state index is -5.30. The standard InChI is InChI=1S/C24H23O8P.C2H4OS.2Na.11H2/c1-3-5-7-9-10-11-12-13-15-16-18-23(25)30-20-22(21-31-33(27,28)29)32-24(26)19-17-14-8-6-4-2;1-2(3)4;;;;;;;;;;;;;/h1,22H,4,6,8,14,17,19-21H2,2H3,(H2,27,28,29);1H3,(H,3,4);;;11*1H/q;;2*+1;;;;;;;;;;;/p-2/t22-;;;;;;;;;;;;;;/m0............../s1. The monoisotopic (exact) mass is 612 g/mol. The minimum absolute atomic E-state index is 0. The van der Waals surface area contributed by atoms with Crippen LogP contribution in [0.3, 0.4) is 0 Å². The van der Waals surface area contributed by atoms with Crippen LogP contribution < -0.4 is 68.9 Å². The summed E-state index contributed by atoms with van der Waals surface area (Å²) in [6, 6.07) is 0. The van der Waals surface area contributed by atoms with Gasteiger partial charge in [0.2, 0.25) is 0 Å². The predicted molar refractivity (Wildman–Crippen MR) is 158 cm³/mol. The van der Waals surface area contributed by atoms with Gasteiger partial charge in [0, 0.05) is 35.0 Å². The van der Waals surface area contributed by atoms with Crippen molar-refractivity contribution in [2.24, 2.45) is 0 Å². The Morgan fingerprint density at radius 1 is 0.897 bits per heavy atom. The second-order valence-electron chi connectivity index (χ2n) is 6.53. The normalized spacial score (nSPS) is 8.92. The minimum Gasteiger partial charge on any atom is -0.790 e. The SMILES string of the molecule is C#CC#CC#CC#CC#CC#CC(=O)OC[C@@H](COP(=O)([O-])[O-])OC(=O)CCCCCCC.CC(=O)S.[HH].[HH].[HH].[HH].[HH].[HH].[HH].[HH].[HH].[HH].[HH].[Na+].[Na+]. The van der Waals surface area contributed by atoms with E-state index in [1.807, 2.05) is 5.92 Å². The molecule has 0 bridgehead atoms. The molecule has 218 valence electrons. The summed E-state index contributed by atoms with van der Waals surface area (Å²) in [5.74, 6) is 23.3. The third kappa shape index (κ3) is 41.1. The van der Waals surface area contributed by atoms with Crippen LogP contribution >= 0.6 is 20.5 Å². The van der Waals surface area contributed by atoms with Gasteiger partial charge in [-0.05, 0) is 65.6 Å². The maximum atomic E-state index is 11.9. The van der Waals surface area contributed by atoms with Gasteiger partial charge in [-0.15, -0.1) is 19.1 Å². The Labute approximate surface area is 296 Å². The number of phosphoric ester groups is 1. The molecule has 0 unspecified atom stereocenters. The van der Waals surface area contributed by atoms with E-state index in [9.17, 15) is 28.7 Å². The number of rotatable bonds is 12. The fourth-order valence-corrected chi connectivity index (χ4v) is 2.30. The second-order valence-corrected chi connectivity index (χ2v) is 8.31. The summed E-state index contributed by atoms with van der Waals surface area (Å²) in [5, 5.41) is -0.139. The summed E-state index contributed by atoms with van der Waals surface area (Å²) >= 11 is 3.33. The van der Waals surface area contributed by atoms with Crippen LogP contribution in [-0.2, 0) is 32.9 Å². The van der Waals surface area contributed by atoms with Gasteiger partial charge in [-0.3, -0.25) is 9.59 Å². The number of carbonyl (C=O) groups is 3. The zero-order valence-corrected chi connectivity index (χ0v) is 28.2. The molecule has 9 nitrogen and oxygen atoms in total. The smallest absolute Gasteiger partial charge is 0.790 e. The number of thiol groups is 1. The van der Waals surface area contributed by atoms with Crippen molar-refractivity contribution in [1.82, 2.24) is 0 Å². The number of unbranched alkanes of at least 4 members (excludes halogenated alkanes) is 4. The molecule has 0 aromatic heterocycles. The molecule has 0 aliphatic rings. The van der Waals surface area contributed by atoms with Gasteiger partial charge in [-0.25, -0.2) is 4.79 Å². The first-order chi connectivity index (χ1) is 17.5. The van der Waals surface area contributed by atoms with Crippen molar-refractivity contribution in [2.45, 2.75) is 58.5 Å². The average Bonchev–Trinajstić information content (AvgIpc) is 2.81. The molecule has 0 aromatic rings. The molecule has 0 spiro atoms. The second kappa shape index (κ2) is 31.0. The Kier molecular flexibility index (Phi) is 35.3. The predicted octanol–water partition coefficient (Wildman–Crippen LogP) is -2.53. The summed E-state index contributed by atoms with van der Waals surface area (Å²) in [6.07, 6.45) is 8.22. The Morgan fingerprint density at radius 2 is 1.38 bits per heavy atom. The number of terminal acetylenes is 1. The van der Waals surface area contributed by atoms with E-state index >= 15 is 0 Å². The van der Waals surface area contributed by atoms with E-state index < -0.39 is 39.1 Å². The van der Waals surface area contributed by atoms with Crippen LogP contribution in [0.1, 0.15) is 68.1 Å². The van der Waals surface area contributed by atoms with E-state index in [1.165, 1.54) is 6.92 Å². The number of ether oxygens (including phenoxy) is 2. The molecule has 0 fully saturated rings. The van der Waals surface area contributed by atoms with Gasteiger partial charge in [0.15, 0.2) is 11.2 Å². The number of hydrogen-bond donors (Lipinski definition) is 1. The van der Waals surface area contributed by atoms with Gasteiger partial charge >= 0.3 is 71.1 Å². The van der Waals surface area contributed by atoms with Gasteiger partial charge in [-0.2, -0.15) is 0 Å². The van der Waals surface area contributed by atoms with Gasteiger partial charge < -0.3 is 28.3 Å². The van der Waals surface area contributed by atoms with E-state index in [4.69, 9.17) is 15.9 Å². The van der Waals surface area contributed by atoms with Crippen LogP contribution in [0.15, 0.2) is 0 Å². The van der Waals surface area contributed by atoms with Crippen molar-refractivity contribution in [1.29, 1.82) is 0 Å². The van der Waals surface area contributed by atoms with E-state index in [0.29, 0.717) is 6.42 Å². The molecule has 0 heterocycles. The van der Waals surface area contributed by atoms with Crippen molar-refractivity contribution in [3.63, 3.8) is 0 Å². The summed E-state index contributed by atoms with van der Waals surface area (Å²) in [6.45, 7) is 2.11. The van der Waals surface area contributed by atoms with Crippen molar-refractivity contribution in [3.8, 4) is 71.5 Å². The zero-order valence-electron chi connectivity index (χ0n) is 22.4. The Morgan fingerprint density at radius 3 is 1.87 bits per heavy atom. The number of hydrogen-bond acceptors (Lipinski definition) is 9. The summed E-state index contributed by atoms with van der Waals surface area (Å²) in [5.41, 5.74) is 0. The molecule has 0 radical (unpaired) electrons. The van der Waals surface area contributed by atoms with E-state index in [2.05, 4.69) is 83.3 Å². The number of carbonyl (C=O) groups excluding carboxylic acids is 3. The van der Waals surface area contributed by atoms with Gasteiger partial charge in [0.1, 0.15) is 6.61 Å². The molecule has 0 rings (SSSR count). The quantitative estimate of drug-likeness (QED) is 0.0481. The van der Waals surface area contributed by atoms with Crippen LogP contribution in [0.5, 0.6) is 0 Å². The number of esters is 2. The van der Waals surface area contributed by atoms with E-state index in [0.717, 1.165) is 25.7 Å². The van der Waals surface area contributed by atoms with Gasteiger partial charge in [0.25, 0.3) is 0 Å². The van der Waals surface area contributed by atoms with Crippen molar-refractivity contribution < 1.29 is 118 Å². The first-order valence-electron chi connectivity index (χ1n) is 10.7. The topological polar surface area (TPSA) is 142 Å². The summed E-state index contributed by atoms with van der Waals surface area (Å²) in [7, 11) is -5.30. The van der Waals surface area contributed by atoms with E-state index in [-0.39, 0.29) is 86.3 Å². The molecule has 0 saturated carbocycles. The van der Waals surface area contributed by atoms with Crippen LogP contribution in [0.25, 0.3) is 0 Å².